The lowest BCUT2D eigenvalue weighted by Gasteiger charge is -2.16. The van der Waals surface area contributed by atoms with Crippen molar-refractivity contribution < 1.29 is 13.4 Å². The topological polar surface area (TPSA) is 94.5 Å². The second-order valence-electron chi connectivity index (χ2n) is 8.02. The number of aromatic nitrogens is 1. The summed E-state index contributed by atoms with van der Waals surface area (Å²) in [6, 6.07) is 12.6. The number of halogens is 1. The Labute approximate surface area is 193 Å². The number of primary amides is 1. The Morgan fingerprint density at radius 2 is 1.85 bits per heavy atom. The summed E-state index contributed by atoms with van der Waals surface area (Å²) in [5.74, 6) is 0.0356. The van der Waals surface area contributed by atoms with Crippen LogP contribution in [0.25, 0.3) is 11.1 Å². The molecule has 0 radical (unpaired) electrons. The summed E-state index contributed by atoms with van der Waals surface area (Å²) in [6.45, 7) is 1.87. The fourth-order valence-corrected chi connectivity index (χ4v) is 4.78. The van der Waals surface area contributed by atoms with Gasteiger partial charge in [-0.1, -0.05) is 19.1 Å². The van der Waals surface area contributed by atoms with Crippen molar-refractivity contribution in [1.29, 1.82) is 0 Å². The van der Waals surface area contributed by atoms with Crippen molar-refractivity contribution >= 4 is 22.4 Å². The summed E-state index contributed by atoms with van der Waals surface area (Å²) >= 11 is 0. The minimum absolute atomic E-state index is 0.0778. The van der Waals surface area contributed by atoms with Gasteiger partial charge in [0.1, 0.15) is 5.82 Å². The maximum atomic E-state index is 13.6. The van der Waals surface area contributed by atoms with Crippen molar-refractivity contribution in [3.63, 3.8) is 0 Å². The predicted molar refractivity (Wildman–Crippen MR) is 128 cm³/mol. The number of nitrogens with zero attached hydrogens (tertiary/aromatic N) is 2. The summed E-state index contributed by atoms with van der Waals surface area (Å²) in [5.41, 5.74) is 10.4. The molecule has 170 valence electrons. The Morgan fingerprint density at radius 3 is 2.52 bits per heavy atom. The molecule has 0 spiro atoms. The molecular formula is C25H24FN3O3S. The van der Waals surface area contributed by atoms with E-state index >= 15 is 0 Å². The van der Waals surface area contributed by atoms with Gasteiger partial charge in [0.25, 0.3) is 5.56 Å². The van der Waals surface area contributed by atoms with Crippen molar-refractivity contribution in [3.05, 3.63) is 93.2 Å². The lowest BCUT2D eigenvalue weighted by atomic mass is 9.90. The van der Waals surface area contributed by atoms with Gasteiger partial charge in [-0.25, -0.2) is 4.39 Å². The largest absolute Gasteiger partial charge is 0.370 e. The van der Waals surface area contributed by atoms with Crippen LogP contribution in [0.15, 0.2) is 64.5 Å². The Bertz CT molecular complexity index is 1350. The number of amides is 1. The highest BCUT2D eigenvalue weighted by Gasteiger charge is 2.27. The SMILES string of the molecule is CCS(=O)Cc1ccc2c(c1)-c1cn(C)c(=O)cc1[C@H](CC(N)=O)N=C2c1ccc(F)cc1. The van der Waals surface area contributed by atoms with Crippen LogP contribution in [0.2, 0.25) is 0 Å². The number of aliphatic imine (C=N–C) groups is 1. The van der Waals surface area contributed by atoms with E-state index in [0.717, 1.165) is 22.3 Å². The maximum Gasteiger partial charge on any atom is 0.250 e. The number of benzene rings is 2. The van der Waals surface area contributed by atoms with Crippen LogP contribution in [0.4, 0.5) is 4.39 Å². The van der Waals surface area contributed by atoms with Crippen LogP contribution in [-0.4, -0.2) is 26.1 Å². The van der Waals surface area contributed by atoms with Gasteiger partial charge in [0.05, 0.1) is 18.2 Å². The van der Waals surface area contributed by atoms with Crippen molar-refractivity contribution in [1.82, 2.24) is 4.57 Å². The van der Waals surface area contributed by atoms with E-state index in [-0.39, 0.29) is 17.8 Å². The van der Waals surface area contributed by atoms with Crippen LogP contribution in [-0.2, 0) is 28.4 Å². The number of carbonyl (C=O) groups is 1. The number of carbonyl (C=O) groups excluding carboxylic acids is 1. The standard InChI is InChI=1S/C25H24FN3O3S/c1-3-33(32)14-15-4-9-18-19(10-15)21-13-29(2)24(31)11-20(21)22(12-23(27)30)28-25(18)16-5-7-17(26)8-6-16/h4-11,13,22H,3,12,14H2,1-2H3,(H2,27,30)/t22-,33?/m0/s1. The number of nitrogens with two attached hydrogens (primary N) is 1. The number of aryl methyl sites for hydroxylation is 1. The quantitative estimate of drug-likeness (QED) is 0.606. The second-order valence-corrected chi connectivity index (χ2v) is 9.76. The van der Waals surface area contributed by atoms with E-state index in [1.165, 1.54) is 22.8 Å². The molecule has 0 aliphatic carbocycles. The zero-order chi connectivity index (χ0) is 23.7. The average Bonchev–Trinajstić information content (AvgIpc) is 2.89. The minimum atomic E-state index is -0.999. The summed E-state index contributed by atoms with van der Waals surface area (Å²) < 4.78 is 27.3. The molecule has 2 heterocycles. The lowest BCUT2D eigenvalue weighted by molar-refractivity contribution is -0.118. The molecule has 1 unspecified atom stereocenters. The summed E-state index contributed by atoms with van der Waals surface area (Å²) in [5, 5.41) is 0. The van der Waals surface area contributed by atoms with Crippen LogP contribution in [0.1, 0.15) is 41.6 Å². The molecule has 2 N–H and O–H groups in total. The normalized spacial score (nSPS) is 15.7. The lowest BCUT2D eigenvalue weighted by Crippen LogP contribution is -2.20. The fraction of sp³-hybridized carbons (Fsp3) is 0.240. The third-order valence-electron chi connectivity index (χ3n) is 5.70. The molecule has 1 aromatic heterocycles. The molecule has 33 heavy (non-hydrogen) atoms. The highest BCUT2D eigenvalue weighted by Crippen LogP contribution is 2.38. The van der Waals surface area contributed by atoms with Crippen LogP contribution in [0, 0.1) is 5.82 Å². The zero-order valence-electron chi connectivity index (χ0n) is 18.4. The predicted octanol–water partition coefficient (Wildman–Crippen LogP) is 3.23. The Balaban J connectivity index is 2.02. The number of hydrogen-bond acceptors (Lipinski definition) is 4. The van der Waals surface area contributed by atoms with Crippen molar-refractivity contribution in [2.75, 3.05) is 5.75 Å². The van der Waals surface area contributed by atoms with E-state index in [9.17, 15) is 18.2 Å². The van der Waals surface area contributed by atoms with Gasteiger partial charge < -0.3 is 10.3 Å². The van der Waals surface area contributed by atoms with Gasteiger partial charge >= 0.3 is 0 Å². The molecule has 1 aliphatic heterocycles. The average molecular weight is 466 g/mol. The van der Waals surface area contributed by atoms with Crippen LogP contribution < -0.4 is 11.3 Å². The molecule has 0 bridgehead atoms. The number of pyridine rings is 1. The molecule has 2 atom stereocenters. The van der Waals surface area contributed by atoms with Crippen LogP contribution >= 0.6 is 0 Å². The number of fused-ring (bicyclic) bond motifs is 3. The second kappa shape index (κ2) is 9.23. The first-order chi connectivity index (χ1) is 15.8. The van der Waals surface area contributed by atoms with Gasteiger partial charge in [-0.2, -0.15) is 0 Å². The fourth-order valence-electron chi connectivity index (χ4n) is 4.02. The summed E-state index contributed by atoms with van der Waals surface area (Å²) in [6.07, 6.45) is 1.65. The molecule has 2 aromatic carbocycles. The Hall–Kier alpha value is -3.39. The van der Waals surface area contributed by atoms with Gasteiger partial charge in [0, 0.05) is 58.3 Å². The molecule has 3 aromatic rings. The van der Waals surface area contributed by atoms with E-state index in [2.05, 4.69) is 0 Å². The molecule has 1 amide bonds. The first-order valence-electron chi connectivity index (χ1n) is 10.6. The van der Waals surface area contributed by atoms with Crippen molar-refractivity contribution in [2.45, 2.75) is 25.1 Å². The van der Waals surface area contributed by atoms with Gasteiger partial charge in [0.15, 0.2) is 0 Å². The van der Waals surface area contributed by atoms with E-state index in [4.69, 9.17) is 10.7 Å². The molecular weight excluding hydrogens is 441 g/mol. The zero-order valence-corrected chi connectivity index (χ0v) is 19.2. The van der Waals surface area contributed by atoms with Crippen molar-refractivity contribution in [3.8, 4) is 11.1 Å². The Kier molecular flexibility index (Phi) is 6.37. The molecule has 1 aliphatic rings. The monoisotopic (exact) mass is 465 g/mol. The highest BCUT2D eigenvalue weighted by molar-refractivity contribution is 7.84. The third kappa shape index (κ3) is 4.71. The van der Waals surface area contributed by atoms with Gasteiger partial charge in [-0.15, -0.1) is 0 Å². The first-order valence-corrected chi connectivity index (χ1v) is 12.1. The molecule has 8 heteroatoms. The maximum absolute atomic E-state index is 13.6. The van der Waals surface area contributed by atoms with E-state index in [1.54, 1.807) is 25.4 Å². The Morgan fingerprint density at radius 1 is 1.12 bits per heavy atom. The first kappa shape index (κ1) is 22.8. The molecule has 4 rings (SSSR count). The molecule has 0 saturated heterocycles. The third-order valence-corrected chi connectivity index (χ3v) is 6.99. The van der Waals surface area contributed by atoms with E-state index < -0.39 is 22.7 Å². The van der Waals surface area contributed by atoms with Gasteiger partial charge in [0.2, 0.25) is 5.91 Å². The van der Waals surface area contributed by atoms with Gasteiger partial charge in [-0.05, 0) is 47.0 Å². The highest BCUT2D eigenvalue weighted by atomic mass is 32.2. The summed E-state index contributed by atoms with van der Waals surface area (Å²) in [7, 11) is 0.661. The molecule has 0 saturated carbocycles. The molecule has 6 nitrogen and oxygen atoms in total. The van der Waals surface area contributed by atoms with E-state index in [1.807, 2.05) is 25.1 Å². The van der Waals surface area contributed by atoms with Crippen LogP contribution in [0.5, 0.6) is 0 Å². The summed E-state index contributed by atoms with van der Waals surface area (Å²) in [4.78, 5) is 29.3. The van der Waals surface area contributed by atoms with Crippen LogP contribution in [0.3, 0.4) is 0 Å². The smallest absolute Gasteiger partial charge is 0.250 e. The minimum Gasteiger partial charge on any atom is -0.370 e. The molecule has 0 fully saturated rings. The van der Waals surface area contributed by atoms with Gasteiger partial charge in [-0.3, -0.25) is 18.8 Å². The van der Waals surface area contributed by atoms with Crippen molar-refractivity contribution in [2.24, 2.45) is 17.8 Å². The number of rotatable bonds is 6. The van der Waals surface area contributed by atoms with E-state index in [0.29, 0.717) is 28.3 Å². The number of hydrogen-bond donors (Lipinski definition) is 1.